The minimum absolute atomic E-state index is 0.0107. The molecule has 3 nitrogen and oxygen atoms in total. The lowest BCUT2D eigenvalue weighted by Gasteiger charge is -2.03. The van der Waals surface area contributed by atoms with E-state index in [9.17, 15) is 9.18 Å². The molecule has 0 unspecified atom stereocenters. The van der Waals surface area contributed by atoms with Crippen molar-refractivity contribution in [1.82, 2.24) is 4.98 Å². The number of methoxy groups -OCH3 is 1. The normalized spacial score (nSPS) is 15.3. The van der Waals surface area contributed by atoms with Gasteiger partial charge in [-0.15, -0.1) is 0 Å². The summed E-state index contributed by atoms with van der Waals surface area (Å²) in [5.74, 6) is -0.419. The van der Waals surface area contributed by atoms with Gasteiger partial charge >= 0.3 is 0 Å². The van der Waals surface area contributed by atoms with Crippen LogP contribution in [-0.2, 0) is 0 Å². The van der Waals surface area contributed by atoms with Crippen molar-refractivity contribution in [3.05, 3.63) is 23.6 Å². The summed E-state index contributed by atoms with van der Waals surface area (Å²) in [5.41, 5.74) is 0.0966. The molecular formula is C10H10FNO2. The molecule has 14 heavy (non-hydrogen) atoms. The molecule has 0 saturated heterocycles. The fraction of sp³-hybridized carbons (Fsp3) is 0.400. The summed E-state index contributed by atoms with van der Waals surface area (Å²) in [6, 6.07) is 1.36. The molecule has 1 heterocycles. The molecule has 1 aromatic rings. The van der Waals surface area contributed by atoms with Crippen molar-refractivity contribution in [2.45, 2.75) is 12.8 Å². The van der Waals surface area contributed by atoms with Gasteiger partial charge in [-0.25, -0.2) is 9.37 Å². The maximum Gasteiger partial charge on any atom is 0.213 e. The second-order valence-electron chi connectivity index (χ2n) is 3.35. The molecule has 1 aliphatic rings. The van der Waals surface area contributed by atoms with Gasteiger partial charge in [0.2, 0.25) is 5.88 Å². The number of carbonyl (C=O) groups is 1. The van der Waals surface area contributed by atoms with E-state index in [2.05, 4.69) is 4.98 Å². The third kappa shape index (κ3) is 1.60. The average Bonchev–Trinajstić information content (AvgIpc) is 3.01. The van der Waals surface area contributed by atoms with Crippen LogP contribution in [0.3, 0.4) is 0 Å². The Bertz CT molecular complexity index is 374. The van der Waals surface area contributed by atoms with Crippen LogP contribution < -0.4 is 4.74 Å². The third-order valence-corrected chi connectivity index (χ3v) is 2.25. The summed E-state index contributed by atoms with van der Waals surface area (Å²) in [7, 11) is 1.44. The first-order chi connectivity index (χ1) is 6.72. The van der Waals surface area contributed by atoms with Crippen molar-refractivity contribution in [3.8, 4) is 5.88 Å². The van der Waals surface area contributed by atoms with E-state index >= 15 is 0 Å². The van der Waals surface area contributed by atoms with Gasteiger partial charge in [-0.1, -0.05) is 0 Å². The lowest BCUT2D eigenvalue weighted by atomic mass is 10.1. The van der Waals surface area contributed by atoms with Gasteiger partial charge in [0.05, 0.1) is 18.9 Å². The van der Waals surface area contributed by atoms with Gasteiger partial charge in [0.25, 0.3) is 0 Å². The Morgan fingerprint density at radius 3 is 2.93 bits per heavy atom. The second-order valence-corrected chi connectivity index (χ2v) is 3.35. The van der Waals surface area contributed by atoms with Gasteiger partial charge < -0.3 is 4.74 Å². The standard InChI is InChI=1S/C10H10FNO2/c1-14-9-4-7(8(11)5-12-9)10(13)6-2-3-6/h4-6H,2-3H2,1H3. The predicted octanol–water partition coefficient (Wildman–Crippen LogP) is 1.82. The molecule has 1 aromatic heterocycles. The smallest absolute Gasteiger partial charge is 0.213 e. The van der Waals surface area contributed by atoms with Crippen molar-refractivity contribution >= 4 is 5.78 Å². The van der Waals surface area contributed by atoms with Gasteiger partial charge in [0.1, 0.15) is 0 Å². The Morgan fingerprint density at radius 2 is 2.36 bits per heavy atom. The van der Waals surface area contributed by atoms with Crippen LogP contribution in [0.5, 0.6) is 5.88 Å². The van der Waals surface area contributed by atoms with Crippen LogP contribution >= 0.6 is 0 Å². The van der Waals surface area contributed by atoms with Crippen LogP contribution in [-0.4, -0.2) is 17.9 Å². The number of nitrogens with zero attached hydrogens (tertiary/aromatic N) is 1. The first kappa shape index (κ1) is 9.12. The molecular weight excluding hydrogens is 185 g/mol. The zero-order valence-electron chi connectivity index (χ0n) is 7.79. The van der Waals surface area contributed by atoms with Crippen LogP contribution in [0.15, 0.2) is 12.3 Å². The van der Waals surface area contributed by atoms with Gasteiger partial charge in [0, 0.05) is 12.0 Å². The van der Waals surface area contributed by atoms with Gasteiger partial charge in [-0.3, -0.25) is 4.79 Å². The maximum absolute atomic E-state index is 13.2. The highest BCUT2D eigenvalue weighted by Gasteiger charge is 2.32. The minimum atomic E-state index is -0.567. The van der Waals surface area contributed by atoms with E-state index < -0.39 is 5.82 Å². The Kier molecular flexibility index (Phi) is 2.19. The molecule has 0 aliphatic heterocycles. The summed E-state index contributed by atoms with van der Waals surface area (Å²) < 4.78 is 18.0. The number of hydrogen-bond donors (Lipinski definition) is 0. The molecule has 74 valence electrons. The Morgan fingerprint density at radius 1 is 1.64 bits per heavy atom. The van der Waals surface area contributed by atoms with E-state index in [0.29, 0.717) is 0 Å². The quantitative estimate of drug-likeness (QED) is 0.690. The van der Waals surface area contributed by atoms with Crippen LogP contribution in [0.4, 0.5) is 4.39 Å². The average molecular weight is 195 g/mol. The first-order valence-electron chi connectivity index (χ1n) is 4.46. The zero-order valence-corrected chi connectivity index (χ0v) is 7.79. The molecule has 0 spiro atoms. The summed E-state index contributed by atoms with van der Waals surface area (Å²) in [6.45, 7) is 0. The summed E-state index contributed by atoms with van der Waals surface area (Å²) >= 11 is 0. The number of hydrogen-bond acceptors (Lipinski definition) is 3. The highest BCUT2D eigenvalue weighted by Crippen LogP contribution is 2.33. The number of halogens is 1. The molecule has 0 bridgehead atoms. The number of ether oxygens (including phenoxy) is 1. The van der Waals surface area contributed by atoms with Crippen molar-refractivity contribution in [3.63, 3.8) is 0 Å². The van der Waals surface area contributed by atoms with E-state index in [1.165, 1.54) is 13.2 Å². The molecule has 0 atom stereocenters. The van der Waals surface area contributed by atoms with Crippen molar-refractivity contribution in [2.75, 3.05) is 7.11 Å². The molecule has 0 aromatic carbocycles. The number of pyridine rings is 1. The van der Waals surface area contributed by atoms with Gasteiger partial charge in [-0.2, -0.15) is 0 Å². The maximum atomic E-state index is 13.2. The van der Waals surface area contributed by atoms with Crippen LogP contribution in [0, 0.1) is 11.7 Å². The summed E-state index contributed by atoms with van der Waals surface area (Å²) in [6.07, 6.45) is 2.75. The second kappa shape index (κ2) is 3.36. The van der Waals surface area contributed by atoms with Gasteiger partial charge in [0.15, 0.2) is 11.6 Å². The van der Waals surface area contributed by atoms with Crippen molar-refractivity contribution in [1.29, 1.82) is 0 Å². The highest BCUT2D eigenvalue weighted by molar-refractivity contribution is 5.99. The fourth-order valence-electron chi connectivity index (χ4n) is 1.29. The number of Topliss-reactive ketones (excluding diaryl/α,β-unsaturated/α-hetero) is 1. The SMILES string of the molecule is COc1cc(C(=O)C2CC2)c(F)cn1. The van der Waals surface area contributed by atoms with E-state index in [4.69, 9.17) is 4.74 Å². The number of carbonyl (C=O) groups excluding carboxylic acids is 1. The highest BCUT2D eigenvalue weighted by atomic mass is 19.1. The van der Waals surface area contributed by atoms with Crippen molar-refractivity contribution < 1.29 is 13.9 Å². The van der Waals surface area contributed by atoms with E-state index in [1.807, 2.05) is 0 Å². The predicted molar refractivity (Wildman–Crippen MR) is 47.8 cm³/mol. The summed E-state index contributed by atoms with van der Waals surface area (Å²) in [4.78, 5) is 15.2. The molecule has 0 radical (unpaired) electrons. The lowest BCUT2D eigenvalue weighted by Crippen LogP contribution is -2.05. The molecule has 2 rings (SSSR count). The largest absolute Gasteiger partial charge is 0.481 e. The third-order valence-electron chi connectivity index (χ3n) is 2.25. The van der Waals surface area contributed by atoms with E-state index in [-0.39, 0.29) is 23.1 Å². The molecule has 1 fully saturated rings. The first-order valence-corrected chi connectivity index (χ1v) is 4.46. The number of rotatable bonds is 3. The number of aromatic nitrogens is 1. The van der Waals surface area contributed by atoms with Crippen LogP contribution in [0.1, 0.15) is 23.2 Å². The number of ketones is 1. The Hall–Kier alpha value is -1.45. The topological polar surface area (TPSA) is 39.2 Å². The molecule has 1 saturated carbocycles. The van der Waals surface area contributed by atoms with Crippen LogP contribution in [0.2, 0.25) is 0 Å². The fourth-order valence-corrected chi connectivity index (χ4v) is 1.29. The Balaban J connectivity index is 2.34. The minimum Gasteiger partial charge on any atom is -0.481 e. The molecule has 1 aliphatic carbocycles. The monoisotopic (exact) mass is 195 g/mol. The molecule has 0 N–H and O–H groups in total. The van der Waals surface area contributed by atoms with Gasteiger partial charge in [-0.05, 0) is 12.8 Å². The van der Waals surface area contributed by atoms with E-state index in [1.54, 1.807) is 0 Å². The summed E-state index contributed by atoms with van der Waals surface area (Å²) in [5, 5.41) is 0. The zero-order chi connectivity index (χ0) is 10.1. The molecule has 4 heteroatoms. The van der Waals surface area contributed by atoms with Crippen molar-refractivity contribution in [2.24, 2.45) is 5.92 Å². The molecule has 0 amide bonds. The van der Waals surface area contributed by atoms with Crippen LogP contribution in [0.25, 0.3) is 0 Å². The Labute approximate surface area is 80.9 Å². The lowest BCUT2D eigenvalue weighted by molar-refractivity contribution is 0.0963. The van der Waals surface area contributed by atoms with E-state index in [0.717, 1.165) is 19.0 Å².